The maximum absolute atomic E-state index is 10.1. The minimum atomic E-state index is -3.24. The molecule has 7 nitrogen and oxygen atoms in total. The first-order valence-corrected chi connectivity index (χ1v) is 2.71. The number of carbonyl (C=O) groups is 3. The minimum absolute atomic E-state index is 0. The third-order valence-corrected chi connectivity index (χ3v) is 1.11. The zero-order valence-electron chi connectivity index (χ0n) is 7.72. The van der Waals surface area contributed by atoms with Gasteiger partial charge in [0.2, 0.25) is 0 Å². The molecule has 4 N–H and O–H groups in total. The second kappa shape index (κ2) is 5.18. The van der Waals surface area contributed by atoms with E-state index in [-0.39, 0.29) is 31.0 Å². The maximum atomic E-state index is 10.1. The van der Waals surface area contributed by atoms with E-state index in [4.69, 9.17) is 20.4 Å². The standard InChI is InChI=1S/C5H6O7.Na.H/c6-2(7)1-5(12,3(8)9)4(10)11;;/h12H,1H2,(H,6,7)(H,8,9)(H,10,11);;/q;+1;-1. The first-order valence-electron chi connectivity index (χ1n) is 2.71. The molecule has 0 heterocycles. The minimum Gasteiger partial charge on any atom is -1.00 e. The summed E-state index contributed by atoms with van der Waals surface area (Å²) < 4.78 is 0. The van der Waals surface area contributed by atoms with Gasteiger partial charge in [-0.1, -0.05) is 0 Å². The van der Waals surface area contributed by atoms with Gasteiger partial charge in [-0.05, 0) is 0 Å². The molecule has 0 saturated heterocycles. The number of aliphatic hydroxyl groups is 1. The third-order valence-electron chi connectivity index (χ3n) is 1.11. The zero-order chi connectivity index (χ0) is 9.94. The molecule has 0 radical (unpaired) electrons. The number of carboxylic acids is 3. The summed E-state index contributed by atoms with van der Waals surface area (Å²) in [5.74, 6) is -5.91. The second-order valence-corrected chi connectivity index (χ2v) is 2.04. The summed E-state index contributed by atoms with van der Waals surface area (Å²) in [6, 6.07) is 0. The first-order chi connectivity index (χ1) is 5.30. The molecule has 0 saturated carbocycles. The Morgan fingerprint density at radius 1 is 1.08 bits per heavy atom. The van der Waals surface area contributed by atoms with Crippen molar-refractivity contribution in [3.05, 3.63) is 0 Å². The summed E-state index contributed by atoms with van der Waals surface area (Å²) in [6.07, 6.45) is -1.38. The van der Waals surface area contributed by atoms with Crippen molar-refractivity contribution in [2.75, 3.05) is 0 Å². The van der Waals surface area contributed by atoms with Crippen LogP contribution in [-0.4, -0.2) is 43.9 Å². The van der Waals surface area contributed by atoms with Gasteiger partial charge in [0.1, 0.15) is 0 Å². The summed E-state index contributed by atoms with van der Waals surface area (Å²) >= 11 is 0. The smallest absolute Gasteiger partial charge is 1.00 e. The zero-order valence-corrected chi connectivity index (χ0v) is 8.72. The van der Waals surface area contributed by atoms with Gasteiger partial charge in [0, 0.05) is 0 Å². The van der Waals surface area contributed by atoms with Crippen molar-refractivity contribution in [1.29, 1.82) is 0 Å². The normalized spacial score (nSPS) is 9.92. The number of aliphatic carboxylic acids is 3. The third kappa shape index (κ3) is 3.73. The van der Waals surface area contributed by atoms with Crippen molar-refractivity contribution in [2.45, 2.75) is 12.0 Å². The Hall–Kier alpha value is -0.630. The monoisotopic (exact) mass is 202 g/mol. The predicted molar refractivity (Wildman–Crippen MR) is 33.6 cm³/mol. The molecule has 0 fully saturated rings. The van der Waals surface area contributed by atoms with Crippen LogP contribution in [-0.2, 0) is 14.4 Å². The van der Waals surface area contributed by atoms with E-state index in [1.54, 1.807) is 0 Å². The molecule has 0 amide bonds. The molecule has 0 rings (SSSR count). The van der Waals surface area contributed by atoms with E-state index in [1.165, 1.54) is 0 Å². The van der Waals surface area contributed by atoms with E-state index < -0.39 is 29.9 Å². The molecule has 0 aliphatic rings. The number of hydrogen-bond donors (Lipinski definition) is 4. The van der Waals surface area contributed by atoms with Gasteiger partial charge in [-0.25, -0.2) is 9.59 Å². The Kier molecular flexibility index (Phi) is 5.92. The molecule has 0 unspecified atom stereocenters. The van der Waals surface area contributed by atoms with E-state index in [9.17, 15) is 14.4 Å². The van der Waals surface area contributed by atoms with Gasteiger partial charge in [0.05, 0.1) is 6.42 Å². The summed E-state index contributed by atoms with van der Waals surface area (Å²) in [6.45, 7) is 0. The van der Waals surface area contributed by atoms with Crippen molar-refractivity contribution in [3.63, 3.8) is 0 Å². The van der Waals surface area contributed by atoms with Crippen LogP contribution in [0.4, 0.5) is 0 Å². The molecular formula is C5H7NaO7. The van der Waals surface area contributed by atoms with Gasteiger partial charge >= 0.3 is 47.5 Å². The molecule has 0 bridgehead atoms. The van der Waals surface area contributed by atoms with Crippen LogP contribution in [0.2, 0.25) is 0 Å². The fraction of sp³-hybridized carbons (Fsp3) is 0.400. The van der Waals surface area contributed by atoms with E-state index in [2.05, 4.69) is 0 Å². The Labute approximate surface area is 95.8 Å². The fourth-order valence-corrected chi connectivity index (χ4v) is 0.462. The fourth-order valence-electron chi connectivity index (χ4n) is 0.462. The summed E-state index contributed by atoms with van der Waals surface area (Å²) in [4.78, 5) is 30.1. The van der Waals surface area contributed by atoms with Crippen LogP contribution < -0.4 is 29.6 Å². The number of carboxylic acid groups (broad SMARTS) is 3. The van der Waals surface area contributed by atoms with Gasteiger partial charge in [0.25, 0.3) is 5.60 Å². The summed E-state index contributed by atoms with van der Waals surface area (Å²) in [5.41, 5.74) is -3.24. The van der Waals surface area contributed by atoms with Gasteiger partial charge in [-0.2, -0.15) is 0 Å². The average Bonchev–Trinajstić information content (AvgIpc) is 1.84. The SMILES string of the molecule is O=C(O)CC(O)(C(=O)O)C(=O)O.[H-].[Na+]. The summed E-state index contributed by atoms with van der Waals surface area (Å²) in [7, 11) is 0. The van der Waals surface area contributed by atoms with Crippen LogP contribution in [0.3, 0.4) is 0 Å². The quantitative estimate of drug-likeness (QED) is 0.266. The van der Waals surface area contributed by atoms with Gasteiger partial charge < -0.3 is 21.9 Å². The average molecular weight is 202 g/mol. The maximum Gasteiger partial charge on any atom is 1.00 e. The summed E-state index contributed by atoms with van der Waals surface area (Å²) in [5, 5.41) is 33.1. The molecule has 0 spiro atoms. The van der Waals surface area contributed by atoms with Crippen molar-refractivity contribution < 1.29 is 65.8 Å². The van der Waals surface area contributed by atoms with Gasteiger partial charge in [-0.15, -0.1) is 0 Å². The molecule has 0 aliphatic carbocycles. The van der Waals surface area contributed by atoms with Crippen molar-refractivity contribution in [3.8, 4) is 0 Å². The van der Waals surface area contributed by atoms with Crippen LogP contribution in [0.1, 0.15) is 7.85 Å². The Morgan fingerprint density at radius 2 is 1.38 bits per heavy atom. The predicted octanol–water partition coefficient (Wildman–Crippen LogP) is -4.52. The molecule has 70 valence electrons. The van der Waals surface area contributed by atoms with Crippen LogP contribution in [0.5, 0.6) is 0 Å². The van der Waals surface area contributed by atoms with Crippen LogP contribution in [0, 0.1) is 0 Å². The first kappa shape index (κ1) is 14.9. The largest absolute Gasteiger partial charge is 1.00 e. The van der Waals surface area contributed by atoms with E-state index in [0.717, 1.165) is 0 Å². The van der Waals surface area contributed by atoms with Crippen molar-refractivity contribution in [2.24, 2.45) is 0 Å². The van der Waals surface area contributed by atoms with Crippen molar-refractivity contribution >= 4 is 17.9 Å². The molecule has 0 aromatic heterocycles. The van der Waals surface area contributed by atoms with Crippen LogP contribution in [0.25, 0.3) is 0 Å². The van der Waals surface area contributed by atoms with Crippen molar-refractivity contribution in [1.82, 2.24) is 0 Å². The molecule has 0 aromatic carbocycles. The molecule has 0 atom stereocenters. The Morgan fingerprint density at radius 3 is 1.46 bits per heavy atom. The molecule has 0 aliphatic heterocycles. The molecule has 13 heavy (non-hydrogen) atoms. The van der Waals surface area contributed by atoms with Crippen LogP contribution >= 0.6 is 0 Å². The van der Waals surface area contributed by atoms with Crippen LogP contribution in [0.15, 0.2) is 0 Å². The number of rotatable bonds is 4. The Balaban J connectivity index is -0.000000605. The molecular weight excluding hydrogens is 195 g/mol. The van der Waals surface area contributed by atoms with Gasteiger partial charge in [-0.3, -0.25) is 4.79 Å². The van der Waals surface area contributed by atoms with Gasteiger partial charge in [0.15, 0.2) is 0 Å². The Bertz CT molecular complexity index is 226. The topological polar surface area (TPSA) is 132 Å². The second-order valence-electron chi connectivity index (χ2n) is 2.04. The number of hydrogen-bond acceptors (Lipinski definition) is 4. The molecule has 0 aromatic rings. The van der Waals surface area contributed by atoms with E-state index in [0.29, 0.717) is 0 Å². The van der Waals surface area contributed by atoms with E-state index >= 15 is 0 Å². The van der Waals surface area contributed by atoms with E-state index in [1.807, 2.05) is 0 Å². The molecule has 8 heteroatoms.